The van der Waals surface area contributed by atoms with E-state index < -0.39 is 0 Å². The van der Waals surface area contributed by atoms with E-state index in [9.17, 15) is 0 Å². The topological polar surface area (TPSA) is 47.3 Å². The average molecular weight is 288 g/mol. The molecule has 3 N–H and O–H groups in total. The third-order valence-corrected chi connectivity index (χ3v) is 3.90. The molecule has 1 unspecified atom stereocenters. The van der Waals surface area contributed by atoms with Crippen molar-refractivity contribution in [2.75, 3.05) is 11.1 Å². The fraction of sp³-hybridized carbons (Fsp3) is 0.0526. The first-order valence-corrected chi connectivity index (χ1v) is 7.29. The summed E-state index contributed by atoms with van der Waals surface area (Å²) in [5, 5.41) is 3.47. The molecule has 0 amide bonds. The van der Waals surface area contributed by atoms with Gasteiger partial charge in [-0.05, 0) is 12.1 Å². The van der Waals surface area contributed by atoms with E-state index in [1.807, 2.05) is 54.6 Å². The van der Waals surface area contributed by atoms with Gasteiger partial charge >= 0.3 is 0 Å². The highest BCUT2D eigenvalue weighted by molar-refractivity contribution is 5.89. The summed E-state index contributed by atoms with van der Waals surface area (Å²) in [6.45, 7) is 0. The number of ether oxygens (including phenoxy) is 1. The molecule has 0 aromatic heterocycles. The minimum absolute atomic E-state index is 0.165. The quantitative estimate of drug-likeness (QED) is 0.685. The van der Waals surface area contributed by atoms with Gasteiger partial charge in [0.2, 0.25) is 0 Å². The van der Waals surface area contributed by atoms with Crippen molar-refractivity contribution in [2.24, 2.45) is 0 Å². The lowest BCUT2D eigenvalue weighted by Crippen LogP contribution is -2.09. The first-order chi connectivity index (χ1) is 10.8. The Morgan fingerprint density at radius 1 is 0.773 bits per heavy atom. The minimum Gasteiger partial charge on any atom is -0.464 e. The summed E-state index contributed by atoms with van der Waals surface area (Å²) < 4.78 is 6.04. The highest BCUT2D eigenvalue weighted by Gasteiger charge is 2.26. The number of nitrogens with two attached hydrogens (primary N) is 1. The molecule has 3 aromatic rings. The fourth-order valence-electron chi connectivity index (χ4n) is 2.81. The number of benzene rings is 3. The zero-order valence-electron chi connectivity index (χ0n) is 12.0. The summed E-state index contributed by atoms with van der Waals surface area (Å²) in [7, 11) is 0. The van der Waals surface area contributed by atoms with Gasteiger partial charge in [0, 0.05) is 22.4 Å². The summed E-state index contributed by atoms with van der Waals surface area (Å²) in [5.41, 5.74) is 11.1. The Morgan fingerprint density at radius 2 is 1.50 bits per heavy atom. The van der Waals surface area contributed by atoms with Gasteiger partial charge in [-0.2, -0.15) is 0 Å². The monoisotopic (exact) mass is 288 g/mol. The Labute approximate surface area is 129 Å². The molecule has 0 aliphatic carbocycles. The van der Waals surface area contributed by atoms with Crippen molar-refractivity contribution < 1.29 is 4.74 Å². The smallest absolute Gasteiger partial charge is 0.196 e. The van der Waals surface area contributed by atoms with Gasteiger partial charge in [-0.1, -0.05) is 60.7 Å². The number of rotatable bonds is 2. The predicted octanol–water partition coefficient (Wildman–Crippen LogP) is 4.44. The van der Waals surface area contributed by atoms with E-state index in [-0.39, 0.29) is 6.23 Å². The summed E-state index contributed by atoms with van der Waals surface area (Å²) >= 11 is 0. The van der Waals surface area contributed by atoms with E-state index in [1.165, 1.54) is 0 Å². The van der Waals surface area contributed by atoms with Gasteiger partial charge < -0.3 is 15.8 Å². The fourth-order valence-corrected chi connectivity index (χ4v) is 2.81. The Bertz CT molecular complexity index is 815. The number of nitrogens with one attached hydrogen (secondary N) is 1. The molecule has 0 fully saturated rings. The van der Waals surface area contributed by atoms with Gasteiger partial charge in [0.15, 0.2) is 6.23 Å². The van der Waals surface area contributed by atoms with Crippen LogP contribution in [0.25, 0.3) is 11.1 Å². The van der Waals surface area contributed by atoms with Gasteiger partial charge in [-0.25, -0.2) is 0 Å². The Hall–Kier alpha value is -2.94. The third kappa shape index (κ3) is 2.07. The standard InChI is InChI=1S/C19H16N2O/c20-16-11-5-4-9-14(16)15-10-6-12-17-18(15)21-19(22-17)13-7-2-1-3-8-13/h1-12,19,21H,20H2. The summed E-state index contributed by atoms with van der Waals surface area (Å²) in [4.78, 5) is 0. The molecule has 0 saturated heterocycles. The zero-order valence-corrected chi connectivity index (χ0v) is 12.0. The molecular weight excluding hydrogens is 272 g/mol. The molecule has 1 aliphatic heterocycles. The van der Waals surface area contributed by atoms with Crippen LogP contribution < -0.4 is 15.8 Å². The van der Waals surface area contributed by atoms with Crippen LogP contribution in [0.15, 0.2) is 72.8 Å². The van der Waals surface area contributed by atoms with Crippen molar-refractivity contribution in [3.8, 4) is 16.9 Å². The van der Waals surface area contributed by atoms with Crippen LogP contribution in [0.5, 0.6) is 5.75 Å². The van der Waals surface area contributed by atoms with Crippen molar-refractivity contribution in [1.29, 1.82) is 0 Å². The summed E-state index contributed by atoms with van der Waals surface area (Å²) in [5.74, 6) is 0.856. The largest absolute Gasteiger partial charge is 0.464 e. The molecular formula is C19H16N2O. The number of hydrogen-bond acceptors (Lipinski definition) is 3. The molecule has 3 aromatic carbocycles. The van der Waals surface area contributed by atoms with Crippen LogP contribution in [0.3, 0.4) is 0 Å². The summed E-state index contributed by atoms with van der Waals surface area (Å²) in [6, 6.07) is 24.1. The molecule has 4 rings (SSSR count). The molecule has 0 bridgehead atoms. The van der Waals surface area contributed by atoms with Gasteiger partial charge in [-0.15, -0.1) is 0 Å². The van der Waals surface area contributed by atoms with Crippen LogP contribution in [0.4, 0.5) is 11.4 Å². The van der Waals surface area contributed by atoms with Crippen LogP contribution in [-0.4, -0.2) is 0 Å². The van der Waals surface area contributed by atoms with Crippen molar-refractivity contribution in [3.05, 3.63) is 78.4 Å². The Kier molecular flexibility index (Phi) is 2.97. The van der Waals surface area contributed by atoms with E-state index in [2.05, 4.69) is 23.5 Å². The van der Waals surface area contributed by atoms with Crippen LogP contribution in [0.2, 0.25) is 0 Å². The van der Waals surface area contributed by atoms with Crippen molar-refractivity contribution >= 4 is 11.4 Å². The molecule has 3 heteroatoms. The SMILES string of the molecule is Nc1ccccc1-c1cccc2c1NC(c1ccccc1)O2. The number of anilines is 2. The molecule has 0 spiro atoms. The first kappa shape index (κ1) is 12.8. The lowest BCUT2D eigenvalue weighted by atomic mass is 10.0. The van der Waals surface area contributed by atoms with Gasteiger partial charge in [0.05, 0.1) is 5.69 Å². The minimum atomic E-state index is -0.165. The second-order valence-electron chi connectivity index (χ2n) is 5.32. The maximum atomic E-state index is 6.12. The zero-order chi connectivity index (χ0) is 14.9. The van der Waals surface area contributed by atoms with Crippen molar-refractivity contribution in [3.63, 3.8) is 0 Å². The molecule has 1 heterocycles. The van der Waals surface area contributed by atoms with E-state index in [4.69, 9.17) is 10.5 Å². The number of fused-ring (bicyclic) bond motifs is 1. The van der Waals surface area contributed by atoms with Crippen LogP contribution in [0, 0.1) is 0 Å². The van der Waals surface area contributed by atoms with E-state index >= 15 is 0 Å². The number of hydrogen-bond donors (Lipinski definition) is 2. The second-order valence-corrected chi connectivity index (χ2v) is 5.32. The van der Waals surface area contributed by atoms with Crippen molar-refractivity contribution in [2.45, 2.75) is 6.23 Å². The maximum absolute atomic E-state index is 6.12. The second kappa shape index (κ2) is 5.11. The van der Waals surface area contributed by atoms with Gasteiger partial charge in [0.25, 0.3) is 0 Å². The number of para-hydroxylation sites is 2. The van der Waals surface area contributed by atoms with E-state index in [1.54, 1.807) is 0 Å². The van der Waals surface area contributed by atoms with Crippen LogP contribution in [0.1, 0.15) is 11.8 Å². The van der Waals surface area contributed by atoms with Gasteiger partial charge in [-0.3, -0.25) is 0 Å². The molecule has 1 atom stereocenters. The Morgan fingerprint density at radius 3 is 2.32 bits per heavy atom. The summed E-state index contributed by atoms with van der Waals surface area (Å²) in [6.07, 6.45) is -0.165. The van der Waals surface area contributed by atoms with Crippen LogP contribution >= 0.6 is 0 Å². The normalized spacial score (nSPS) is 15.7. The first-order valence-electron chi connectivity index (χ1n) is 7.29. The number of nitrogen functional groups attached to an aromatic ring is 1. The van der Waals surface area contributed by atoms with E-state index in [0.29, 0.717) is 0 Å². The van der Waals surface area contributed by atoms with Gasteiger partial charge in [0.1, 0.15) is 5.75 Å². The molecule has 22 heavy (non-hydrogen) atoms. The third-order valence-electron chi connectivity index (χ3n) is 3.90. The molecule has 0 radical (unpaired) electrons. The van der Waals surface area contributed by atoms with Crippen LogP contribution in [-0.2, 0) is 0 Å². The molecule has 1 aliphatic rings. The average Bonchev–Trinajstić information content (AvgIpc) is 3.00. The van der Waals surface area contributed by atoms with Crippen molar-refractivity contribution in [1.82, 2.24) is 0 Å². The highest BCUT2D eigenvalue weighted by Crippen LogP contribution is 2.45. The highest BCUT2D eigenvalue weighted by atomic mass is 16.5. The Balaban J connectivity index is 1.76. The predicted molar refractivity (Wildman–Crippen MR) is 89.7 cm³/mol. The molecule has 108 valence electrons. The lowest BCUT2D eigenvalue weighted by Gasteiger charge is -2.12. The maximum Gasteiger partial charge on any atom is 0.196 e. The molecule has 3 nitrogen and oxygen atoms in total. The lowest BCUT2D eigenvalue weighted by molar-refractivity contribution is 0.260. The van der Waals surface area contributed by atoms with E-state index in [0.717, 1.165) is 33.8 Å². The molecule has 0 saturated carbocycles.